The smallest absolute Gasteiger partial charge is 0.387 e. The van der Waals surface area contributed by atoms with Crippen LogP contribution in [0, 0.1) is 29.1 Å². The summed E-state index contributed by atoms with van der Waals surface area (Å²) < 4.78 is 28.9. The SMILES string of the molecule is CC(C)C(NC(=O)C12CC3CC(CC(C3)C1)C2)C(=O)NCc1ccc(OC(F)F)cc1. The third-order valence-electron chi connectivity index (χ3n) is 7.37. The number of amides is 2. The van der Waals surface area contributed by atoms with Crippen LogP contribution in [-0.4, -0.2) is 24.5 Å². The van der Waals surface area contributed by atoms with Gasteiger partial charge in [-0.3, -0.25) is 9.59 Å². The predicted molar refractivity (Wildman–Crippen MR) is 112 cm³/mol. The summed E-state index contributed by atoms with van der Waals surface area (Å²) in [5.41, 5.74) is 0.479. The van der Waals surface area contributed by atoms with Gasteiger partial charge in [0.2, 0.25) is 11.8 Å². The molecule has 170 valence electrons. The van der Waals surface area contributed by atoms with Crippen molar-refractivity contribution in [1.82, 2.24) is 10.6 Å². The maximum absolute atomic E-state index is 13.3. The molecule has 5 nitrogen and oxygen atoms in total. The molecule has 4 aliphatic rings. The quantitative estimate of drug-likeness (QED) is 0.642. The van der Waals surface area contributed by atoms with Crippen LogP contribution in [0.25, 0.3) is 0 Å². The van der Waals surface area contributed by atoms with Gasteiger partial charge in [0.05, 0.1) is 0 Å². The van der Waals surface area contributed by atoms with Crippen molar-refractivity contribution in [3.05, 3.63) is 29.8 Å². The van der Waals surface area contributed by atoms with Crippen LogP contribution in [0.3, 0.4) is 0 Å². The lowest BCUT2D eigenvalue weighted by Gasteiger charge is -2.55. The third kappa shape index (κ3) is 4.85. The number of hydrogen-bond donors (Lipinski definition) is 2. The second-order valence-electron chi connectivity index (χ2n) is 10.1. The molecule has 1 aromatic carbocycles. The van der Waals surface area contributed by atoms with Crippen LogP contribution in [0.15, 0.2) is 24.3 Å². The largest absolute Gasteiger partial charge is 0.435 e. The molecule has 1 atom stereocenters. The molecule has 4 bridgehead atoms. The lowest BCUT2D eigenvalue weighted by molar-refractivity contribution is -0.149. The maximum Gasteiger partial charge on any atom is 0.387 e. The molecule has 4 fully saturated rings. The lowest BCUT2D eigenvalue weighted by Crippen LogP contribution is -2.58. The van der Waals surface area contributed by atoms with E-state index < -0.39 is 12.7 Å². The predicted octanol–water partition coefficient (Wildman–Crippen LogP) is 4.26. The van der Waals surface area contributed by atoms with E-state index in [1.807, 2.05) is 13.8 Å². The highest BCUT2D eigenvalue weighted by Gasteiger charge is 2.55. The van der Waals surface area contributed by atoms with Crippen molar-refractivity contribution in [3.63, 3.8) is 0 Å². The second kappa shape index (κ2) is 8.75. The maximum atomic E-state index is 13.3. The molecule has 4 saturated carbocycles. The van der Waals surface area contributed by atoms with Crippen molar-refractivity contribution in [2.75, 3.05) is 0 Å². The van der Waals surface area contributed by atoms with Crippen LogP contribution < -0.4 is 15.4 Å². The number of nitrogens with one attached hydrogen (secondary N) is 2. The minimum Gasteiger partial charge on any atom is -0.435 e. The van der Waals surface area contributed by atoms with Gasteiger partial charge in [-0.25, -0.2) is 0 Å². The van der Waals surface area contributed by atoms with E-state index in [0.717, 1.165) is 24.8 Å². The van der Waals surface area contributed by atoms with Crippen LogP contribution in [-0.2, 0) is 16.1 Å². The minimum atomic E-state index is -2.87. The Balaban J connectivity index is 1.35. The van der Waals surface area contributed by atoms with Crippen molar-refractivity contribution < 1.29 is 23.1 Å². The summed E-state index contributed by atoms with van der Waals surface area (Å²) >= 11 is 0. The molecule has 0 heterocycles. The van der Waals surface area contributed by atoms with Gasteiger partial charge in [0.15, 0.2) is 0 Å². The highest BCUT2D eigenvalue weighted by molar-refractivity contribution is 5.90. The number of rotatable bonds is 8. The topological polar surface area (TPSA) is 67.4 Å². The molecule has 5 rings (SSSR count). The number of halogens is 2. The Hall–Kier alpha value is -2.18. The first kappa shape index (κ1) is 22.0. The Labute approximate surface area is 182 Å². The van der Waals surface area contributed by atoms with Crippen molar-refractivity contribution in [3.8, 4) is 5.75 Å². The normalized spacial score (nSPS) is 29.8. The number of ether oxygens (including phenoxy) is 1. The van der Waals surface area contributed by atoms with Gasteiger partial charge in [0.25, 0.3) is 0 Å². The van der Waals surface area contributed by atoms with E-state index >= 15 is 0 Å². The monoisotopic (exact) mass is 434 g/mol. The molecule has 0 spiro atoms. The van der Waals surface area contributed by atoms with Crippen molar-refractivity contribution in [2.45, 2.75) is 71.6 Å². The molecular formula is C24H32F2N2O3. The first-order valence-electron chi connectivity index (χ1n) is 11.4. The van der Waals surface area contributed by atoms with Gasteiger partial charge in [-0.05, 0) is 79.9 Å². The molecule has 0 aromatic heterocycles. The zero-order chi connectivity index (χ0) is 22.2. The Bertz CT molecular complexity index is 774. The van der Waals surface area contributed by atoms with Crippen molar-refractivity contribution >= 4 is 11.8 Å². The summed E-state index contributed by atoms with van der Waals surface area (Å²) in [7, 11) is 0. The Morgan fingerprint density at radius 3 is 2.06 bits per heavy atom. The van der Waals surface area contributed by atoms with Crippen LogP contribution in [0.4, 0.5) is 8.78 Å². The van der Waals surface area contributed by atoms with E-state index in [1.165, 1.54) is 31.4 Å². The highest BCUT2D eigenvalue weighted by atomic mass is 19.3. The Kier molecular flexibility index (Phi) is 6.22. The summed E-state index contributed by atoms with van der Waals surface area (Å²) in [6.45, 7) is 1.25. The second-order valence-corrected chi connectivity index (χ2v) is 10.1. The van der Waals surface area contributed by atoms with Crippen molar-refractivity contribution in [2.24, 2.45) is 29.1 Å². The first-order valence-corrected chi connectivity index (χ1v) is 11.4. The molecule has 0 aliphatic heterocycles. The number of carbonyl (C=O) groups excluding carboxylic acids is 2. The van der Waals surface area contributed by atoms with E-state index in [4.69, 9.17) is 0 Å². The summed E-state index contributed by atoms with van der Waals surface area (Å²) in [5, 5.41) is 5.96. The number of hydrogen-bond acceptors (Lipinski definition) is 3. The Morgan fingerprint density at radius 1 is 1.03 bits per heavy atom. The minimum absolute atomic E-state index is 0.0420. The van der Waals surface area contributed by atoms with E-state index in [1.54, 1.807) is 12.1 Å². The van der Waals surface area contributed by atoms with E-state index in [0.29, 0.717) is 17.8 Å². The standard InChI is InChI=1S/C24H32F2N2O3/c1-14(2)20(21(29)27-13-15-3-5-19(6-4-15)31-23(25)26)28-22(30)24-10-16-7-17(11-24)9-18(8-16)12-24/h3-6,14,16-18,20,23H,7-13H2,1-2H3,(H,27,29)(H,28,30). The van der Waals surface area contributed by atoms with Crippen LogP contribution >= 0.6 is 0 Å². The fraction of sp³-hybridized carbons (Fsp3) is 0.667. The van der Waals surface area contributed by atoms with Gasteiger partial charge in [0.1, 0.15) is 11.8 Å². The summed E-state index contributed by atoms with van der Waals surface area (Å²) in [6.07, 6.45) is 6.68. The zero-order valence-electron chi connectivity index (χ0n) is 18.2. The summed E-state index contributed by atoms with van der Waals surface area (Å²) in [5.74, 6) is 1.86. The fourth-order valence-electron chi connectivity index (χ4n) is 6.31. The zero-order valence-corrected chi connectivity index (χ0v) is 18.2. The molecule has 2 N–H and O–H groups in total. The van der Waals surface area contributed by atoms with Gasteiger partial charge in [0, 0.05) is 12.0 Å². The van der Waals surface area contributed by atoms with Gasteiger partial charge in [-0.1, -0.05) is 26.0 Å². The molecule has 2 amide bonds. The number of carbonyl (C=O) groups is 2. The van der Waals surface area contributed by atoms with Crippen LogP contribution in [0.1, 0.15) is 57.9 Å². The van der Waals surface area contributed by atoms with Gasteiger partial charge < -0.3 is 15.4 Å². The van der Waals surface area contributed by atoms with Crippen LogP contribution in [0.2, 0.25) is 0 Å². The number of benzene rings is 1. The average molecular weight is 435 g/mol. The molecule has 0 radical (unpaired) electrons. The van der Waals surface area contributed by atoms with Gasteiger partial charge in [-0.2, -0.15) is 8.78 Å². The summed E-state index contributed by atoms with van der Waals surface area (Å²) in [6, 6.07) is 5.57. The number of alkyl halides is 2. The first-order chi connectivity index (χ1) is 14.7. The Morgan fingerprint density at radius 2 is 1.58 bits per heavy atom. The highest BCUT2D eigenvalue weighted by Crippen LogP contribution is 2.60. The molecule has 1 unspecified atom stereocenters. The molecule has 31 heavy (non-hydrogen) atoms. The van der Waals surface area contributed by atoms with Crippen LogP contribution in [0.5, 0.6) is 5.75 Å². The fourth-order valence-corrected chi connectivity index (χ4v) is 6.31. The molecule has 7 heteroatoms. The van der Waals surface area contributed by atoms with E-state index in [-0.39, 0.29) is 35.4 Å². The molecule has 1 aromatic rings. The molecular weight excluding hydrogens is 402 g/mol. The summed E-state index contributed by atoms with van der Waals surface area (Å²) in [4.78, 5) is 26.2. The third-order valence-corrected chi connectivity index (χ3v) is 7.37. The van der Waals surface area contributed by atoms with E-state index in [2.05, 4.69) is 15.4 Å². The lowest BCUT2D eigenvalue weighted by atomic mass is 9.49. The van der Waals surface area contributed by atoms with Gasteiger partial charge in [-0.15, -0.1) is 0 Å². The molecule has 4 aliphatic carbocycles. The van der Waals surface area contributed by atoms with Gasteiger partial charge >= 0.3 is 6.61 Å². The van der Waals surface area contributed by atoms with Crippen molar-refractivity contribution in [1.29, 1.82) is 0 Å². The molecule has 0 saturated heterocycles. The average Bonchev–Trinajstić information content (AvgIpc) is 2.69. The van der Waals surface area contributed by atoms with E-state index in [9.17, 15) is 18.4 Å².